The van der Waals surface area contributed by atoms with Gasteiger partial charge in [0.2, 0.25) is 0 Å². The van der Waals surface area contributed by atoms with E-state index >= 15 is 0 Å². The fraction of sp³-hybridized carbons (Fsp3) is 0.143. The molecule has 66 heavy (non-hydrogen) atoms. The third-order valence-electron chi connectivity index (χ3n) is 15.1. The number of benzene rings is 9. The van der Waals surface area contributed by atoms with E-state index in [2.05, 4.69) is 258 Å². The number of nitrogens with zero attached hydrogens (tertiary/aromatic N) is 3. The van der Waals surface area contributed by atoms with E-state index in [9.17, 15) is 0 Å². The Morgan fingerprint density at radius 2 is 0.591 bits per heavy atom. The first kappa shape index (κ1) is 41.1. The molecule has 0 radical (unpaired) electrons. The Morgan fingerprint density at radius 1 is 0.303 bits per heavy atom. The second kappa shape index (κ2) is 15.8. The lowest BCUT2D eigenvalue weighted by atomic mass is 9.60. The Labute approximate surface area is 390 Å². The second-order valence-corrected chi connectivity index (χ2v) is 18.3. The molecule has 3 heteroatoms. The van der Waals surface area contributed by atoms with Gasteiger partial charge >= 0.3 is 0 Å². The van der Waals surface area contributed by atoms with E-state index in [0.717, 1.165) is 11.4 Å². The number of rotatable bonds is 6. The van der Waals surface area contributed by atoms with Gasteiger partial charge in [-0.15, -0.1) is 0 Å². The van der Waals surface area contributed by atoms with Crippen molar-refractivity contribution < 1.29 is 0 Å². The highest BCUT2D eigenvalue weighted by Gasteiger charge is 2.52. The lowest BCUT2D eigenvalue weighted by Crippen LogP contribution is -2.42. The van der Waals surface area contributed by atoms with Crippen LogP contribution in [0.1, 0.15) is 66.8 Å². The fourth-order valence-corrected chi connectivity index (χ4v) is 11.7. The summed E-state index contributed by atoms with van der Waals surface area (Å²) in [5.74, 6) is 0. The first-order chi connectivity index (χ1) is 32.2. The number of fused-ring (bicyclic) bond motifs is 8. The van der Waals surface area contributed by atoms with Crippen LogP contribution in [0.2, 0.25) is 0 Å². The van der Waals surface area contributed by atoms with Crippen molar-refractivity contribution in [2.75, 3.05) is 14.7 Å². The summed E-state index contributed by atoms with van der Waals surface area (Å²) < 4.78 is 0. The summed E-state index contributed by atoms with van der Waals surface area (Å²) in [5, 5.41) is 0. The molecule has 322 valence electrons. The van der Waals surface area contributed by atoms with Crippen molar-refractivity contribution in [2.45, 2.75) is 60.8 Å². The molecule has 0 amide bonds. The molecule has 0 saturated carbocycles. The second-order valence-electron chi connectivity index (χ2n) is 18.3. The molecule has 0 N–H and O–H groups in total. The summed E-state index contributed by atoms with van der Waals surface area (Å²) in [4.78, 5) is 7.60. The first-order valence-electron chi connectivity index (χ1n) is 23.3. The predicted molar refractivity (Wildman–Crippen MR) is 279 cm³/mol. The van der Waals surface area contributed by atoms with Crippen molar-refractivity contribution in [2.24, 2.45) is 0 Å². The Morgan fingerprint density at radius 3 is 0.939 bits per heavy atom. The van der Waals surface area contributed by atoms with Crippen LogP contribution < -0.4 is 14.7 Å². The van der Waals surface area contributed by atoms with Crippen LogP contribution in [0.3, 0.4) is 0 Å². The van der Waals surface area contributed by atoms with Crippen LogP contribution in [-0.2, 0) is 5.41 Å². The topological polar surface area (TPSA) is 9.72 Å². The standard InChI is InChI=1S/C63H55N3/c1-40-42(3)61(43(4)41(2)59(40)48-26-12-9-13-27-48)65-55-36-22-18-32-51(55)63(52-33-19-23-37-56(52)65)53-34-20-24-38-57(53)66(58-39-25-21-35-54(58)63)62-46(7)44(5)60(45(6)47(62)8)64(49-28-14-10-15-29-49)50-30-16-11-17-31-50/h9-39H,1-8H3. The van der Waals surface area contributed by atoms with Gasteiger partial charge in [-0.25, -0.2) is 0 Å². The molecule has 2 aliphatic rings. The van der Waals surface area contributed by atoms with Gasteiger partial charge in [-0.05, 0) is 182 Å². The molecule has 11 rings (SSSR count). The van der Waals surface area contributed by atoms with Crippen LogP contribution in [0.5, 0.6) is 0 Å². The maximum absolute atomic E-state index is 2.58. The predicted octanol–water partition coefficient (Wildman–Crippen LogP) is 17.2. The van der Waals surface area contributed by atoms with E-state index in [1.807, 2.05) is 0 Å². The van der Waals surface area contributed by atoms with Crippen LogP contribution >= 0.6 is 0 Å². The normalized spacial score (nSPS) is 13.2. The van der Waals surface area contributed by atoms with Crippen molar-refractivity contribution in [3.8, 4) is 11.1 Å². The average Bonchev–Trinajstić information content (AvgIpc) is 3.36. The van der Waals surface area contributed by atoms with Gasteiger partial charge < -0.3 is 14.7 Å². The van der Waals surface area contributed by atoms with Crippen molar-refractivity contribution in [1.82, 2.24) is 0 Å². The smallest absolute Gasteiger partial charge is 0.0782 e. The number of para-hydroxylation sites is 6. The molecule has 0 bridgehead atoms. The average molecular weight is 854 g/mol. The van der Waals surface area contributed by atoms with Crippen LogP contribution in [0.15, 0.2) is 188 Å². The molecule has 0 fully saturated rings. The Balaban J connectivity index is 1.16. The molecule has 0 atom stereocenters. The zero-order chi connectivity index (χ0) is 45.4. The van der Waals surface area contributed by atoms with Gasteiger partial charge in [0, 0.05) is 11.4 Å². The van der Waals surface area contributed by atoms with Crippen molar-refractivity contribution in [3.63, 3.8) is 0 Å². The Kier molecular flexibility index (Phi) is 9.85. The highest BCUT2D eigenvalue weighted by Crippen LogP contribution is 2.65. The van der Waals surface area contributed by atoms with E-state index in [-0.39, 0.29) is 0 Å². The minimum atomic E-state index is -0.619. The SMILES string of the molecule is Cc1c(C)c(N2c3ccccc3C3(c4ccccc42)c2ccccc2N(c2c(C)c(C)c(N(c4ccccc4)c4ccccc4)c(C)c2C)c2ccccc23)c(C)c(C)c1-c1ccccc1. The highest BCUT2D eigenvalue weighted by molar-refractivity contribution is 5.99. The molecule has 0 saturated heterocycles. The van der Waals surface area contributed by atoms with Gasteiger partial charge in [-0.2, -0.15) is 0 Å². The molecule has 3 nitrogen and oxygen atoms in total. The molecule has 0 unspecified atom stereocenters. The fourth-order valence-electron chi connectivity index (χ4n) is 11.7. The van der Waals surface area contributed by atoms with Crippen molar-refractivity contribution >= 4 is 51.2 Å². The minimum absolute atomic E-state index is 0.619. The molecule has 9 aromatic rings. The van der Waals surface area contributed by atoms with Gasteiger partial charge in [0.05, 0.1) is 45.2 Å². The van der Waals surface area contributed by atoms with E-state index in [0.29, 0.717) is 0 Å². The van der Waals surface area contributed by atoms with Crippen LogP contribution in [-0.4, -0.2) is 0 Å². The van der Waals surface area contributed by atoms with Crippen LogP contribution in [0, 0.1) is 55.4 Å². The summed E-state index contributed by atoms with van der Waals surface area (Å²) in [6, 6.07) is 69.3. The summed E-state index contributed by atoms with van der Waals surface area (Å²) in [5.41, 5.74) is 28.2. The molecule has 2 aliphatic heterocycles. The van der Waals surface area contributed by atoms with Gasteiger partial charge in [-0.3, -0.25) is 0 Å². The number of anilines is 9. The minimum Gasteiger partial charge on any atom is -0.310 e. The summed E-state index contributed by atoms with van der Waals surface area (Å²) in [6.07, 6.45) is 0. The molecular formula is C63H55N3. The van der Waals surface area contributed by atoms with E-state index < -0.39 is 5.41 Å². The van der Waals surface area contributed by atoms with Gasteiger partial charge in [0.25, 0.3) is 0 Å². The van der Waals surface area contributed by atoms with E-state index in [1.165, 1.54) is 118 Å². The summed E-state index contributed by atoms with van der Waals surface area (Å²) in [7, 11) is 0. The van der Waals surface area contributed by atoms with Crippen LogP contribution in [0.4, 0.5) is 51.2 Å². The van der Waals surface area contributed by atoms with Gasteiger partial charge in [-0.1, -0.05) is 140 Å². The summed E-state index contributed by atoms with van der Waals surface area (Å²) >= 11 is 0. The summed E-state index contributed by atoms with van der Waals surface area (Å²) in [6.45, 7) is 18.5. The monoisotopic (exact) mass is 853 g/mol. The third kappa shape index (κ3) is 5.82. The lowest BCUT2D eigenvalue weighted by Gasteiger charge is -2.52. The first-order valence-corrected chi connectivity index (χ1v) is 23.3. The van der Waals surface area contributed by atoms with Crippen LogP contribution in [0.25, 0.3) is 11.1 Å². The van der Waals surface area contributed by atoms with E-state index in [1.54, 1.807) is 0 Å². The Hall–Kier alpha value is -7.62. The molecule has 0 aliphatic carbocycles. The maximum Gasteiger partial charge on any atom is 0.0782 e. The highest BCUT2D eigenvalue weighted by atomic mass is 15.2. The number of hydrogen-bond donors (Lipinski definition) is 0. The zero-order valence-corrected chi connectivity index (χ0v) is 39.2. The van der Waals surface area contributed by atoms with Crippen molar-refractivity contribution in [3.05, 3.63) is 255 Å². The lowest BCUT2D eigenvalue weighted by molar-refractivity contribution is 0.718. The third-order valence-corrected chi connectivity index (χ3v) is 15.1. The largest absolute Gasteiger partial charge is 0.310 e. The quantitative estimate of drug-likeness (QED) is 0.165. The van der Waals surface area contributed by atoms with Crippen molar-refractivity contribution in [1.29, 1.82) is 0 Å². The Bertz CT molecular complexity index is 3150. The molecule has 0 aromatic heterocycles. The molecule has 1 spiro atoms. The maximum atomic E-state index is 2.58. The number of hydrogen-bond acceptors (Lipinski definition) is 3. The molecule has 2 heterocycles. The van der Waals surface area contributed by atoms with Gasteiger partial charge in [0.15, 0.2) is 0 Å². The van der Waals surface area contributed by atoms with Gasteiger partial charge in [0.1, 0.15) is 0 Å². The zero-order valence-electron chi connectivity index (χ0n) is 39.2. The molecular weight excluding hydrogens is 799 g/mol. The van der Waals surface area contributed by atoms with E-state index in [4.69, 9.17) is 0 Å². The molecule has 9 aromatic carbocycles.